The number of nitrogens with one attached hydrogen (secondary N) is 2. The zero-order chi connectivity index (χ0) is 32.8. The number of ether oxygens (including phenoxy) is 1. The lowest BCUT2D eigenvalue weighted by atomic mass is 9.90. The van der Waals surface area contributed by atoms with Gasteiger partial charge in [0.25, 0.3) is 0 Å². The standard InChI is InChI=1S/C19H32F3N5O4.C9H10O.C2H6/c1-18(2,19(20,21)22)17(31)27(10-12(11-28)25-15(29)9-24-3)8-7-13-5-6-14(16(23)30)26(13)4;1-2-6-9-8(4-1)5-3-7-10-9;1-2/h11-14,24H,5-10H2,1-4H3,(H2,23,30)(H,25,29);1-2,4,6H,3,5,7H2;1-2H3. The van der Waals surface area contributed by atoms with Crippen molar-refractivity contribution in [2.75, 3.05) is 40.3 Å². The van der Waals surface area contributed by atoms with E-state index in [0.29, 0.717) is 19.1 Å². The number of hydrogen-bond donors (Lipinski definition) is 3. The number of rotatable bonds is 11. The van der Waals surface area contributed by atoms with Gasteiger partial charge in [-0.3, -0.25) is 19.3 Å². The van der Waals surface area contributed by atoms with Gasteiger partial charge >= 0.3 is 6.18 Å². The van der Waals surface area contributed by atoms with Crippen molar-refractivity contribution in [2.45, 2.75) is 84.1 Å². The molecule has 1 aromatic rings. The summed E-state index contributed by atoms with van der Waals surface area (Å²) in [4.78, 5) is 50.2. The van der Waals surface area contributed by atoms with Gasteiger partial charge in [0.05, 0.1) is 19.2 Å². The van der Waals surface area contributed by atoms with Gasteiger partial charge in [-0.15, -0.1) is 0 Å². The molecule has 2 aliphatic rings. The average molecular weight is 616 g/mol. The number of nitrogens with two attached hydrogens (primary N) is 1. The molecule has 2 aliphatic heterocycles. The first kappa shape index (κ1) is 37.8. The number of amides is 3. The van der Waals surface area contributed by atoms with E-state index < -0.39 is 47.9 Å². The van der Waals surface area contributed by atoms with Gasteiger partial charge in [0.15, 0.2) is 0 Å². The van der Waals surface area contributed by atoms with Crippen molar-refractivity contribution >= 4 is 24.0 Å². The number of aldehydes is 1. The maximum atomic E-state index is 13.5. The van der Waals surface area contributed by atoms with Crippen LogP contribution in [0, 0.1) is 5.41 Å². The molecule has 3 unspecified atom stereocenters. The van der Waals surface area contributed by atoms with Crippen LogP contribution in [0.3, 0.4) is 0 Å². The van der Waals surface area contributed by atoms with Crippen molar-refractivity contribution in [2.24, 2.45) is 11.1 Å². The Morgan fingerprint density at radius 2 is 1.84 bits per heavy atom. The monoisotopic (exact) mass is 615 g/mol. The van der Waals surface area contributed by atoms with E-state index in [1.165, 1.54) is 19.0 Å². The molecule has 244 valence electrons. The van der Waals surface area contributed by atoms with Crippen molar-refractivity contribution in [1.82, 2.24) is 20.4 Å². The molecule has 1 fully saturated rings. The third kappa shape index (κ3) is 11.1. The van der Waals surface area contributed by atoms with Crippen molar-refractivity contribution in [3.63, 3.8) is 0 Å². The summed E-state index contributed by atoms with van der Waals surface area (Å²) >= 11 is 0. The normalized spacial score (nSPS) is 18.8. The van der Waals surface area contributed by atoms with Crippen LogP contribution in [0.2, 0.25) is 0 Å². The Kier molecular flexibility index (Phi) is 15.7. The van der Waals surface area contributed by atoms with Crippen LogP contribution in [0.4, 0.5) is 13.2 Å². The molecule has 10 nitrogen and oxygen atoms in total. The number of likely N-dealkylation sites (N-methyl/N-ethyl adjacent to an activating group) is 2. The van der Waals surface area contributed by atoms with Gasteiger partial charge in [-0.25, -0.2) is 0 Å². The second-order valence-corrected chi connectivity index (χ2v) is 10.9. The van der Waals surface area contributed by atoms with Crippen LogP contribution in [-0.2, 0) is 25.6 Å². The molecule has 1 aromatic carbocycles. The number of para-hydroxylation sites is 1. The minimum atomic E-state index is -4.80. The lowest BCUT2D eigenvalue weighted by Crippen LogP contribution is -2.54. The Morgan fingerprint density at radius 3 is 2.37 bits per heavy atom. The first-order valence-electron chi connectivity index (χ1n) is 14.7. The highest BCUT2D eigenvalue weighted by Crippen LogP contribution is 2.39. The summed E-state index contributed by atoms with van der Waals surface area (Å²) in [5.74, 6) is -1.12. The summed E-state index contributed by atoms with van der Waals surface area (Å²) in [7, 11) is 3.22. The fourth-order valence-corrected chi connectivity index (χ4v) is 4.87. The predicted molar refractivity (Wildman–Crippen MR) is 158 cm³/mol. The molecule has 0 aromatic heterocycles. The number of hydrogen-bond acceptors (Lipinski definition) is 7. The van der Waals surface area contributed by atoms with Crippen LogP contribution in [0.15, 0.2) is 24.3 Å². The number of alkyl halides is 3. The van der Waals surface area contributed by atoms with Gasteiger partial charge < -0.3 is 30.8 Å². The molecule has 2 heterocycles. The molecular formula is C30H48F3N5O5. The Morgan fingerprint density at radius 1 is 1.19 bits per heavy atom. The predicted octanol–water partition coefficient (Wildman–Crippen LogP) is 2.68. The highest BCUT2D eigenvalue weighted by molar-refractivity contribution is 5.84. The molecule has 3 amide bonds. The summed E-state index contributed by atoms with van der Waals surface area (Å²) in [6, 6.07) is 6.47. The van der Waals surface area contributed by atoms with E-state index in [2.05, 4.69) is 22.8 Å². The van der Waals surface area contributed by atoms with Gasteiger partial charge in [-0.2, -0.15) is 13.2 Å². The lowest BCUT2D eigenvalue weighted by molar-refractivity contribution is -0.217. The second-order valence-electron chi connectivity index (χ2n) is 10.9. The van der Waals surface area contributed by atoms with Crippen molar-refractivity contribution < 1.29 is 37.1 Å². The summed E-state index contributed by atoms with van der Waals surface area (Å²) < 4.78 is 45.8. The van der Waals surface area contributed by atoms with E-state index in [9.17, 15) is 32.3 Å². The Balaban J connectivity index is 0.000000632. The van der Waals surface area contributed by atoms with Crippen molar-refractivity contribution in [3.05, 3.63) is 29.8 Å². The van der Waals surface area contributed by atoms with Crippen LogP contribution in [0.5, 0.6) is 5.75 Å². The number of carbonyl (C=O) groups is 4. The molecule has 3 atom stereocenters. The second kappa shape index (κ2) is 17.8. The Hall–Kier alpha value is -3.19. The summed E-state index contributed by atoms with van der Waals surface area (Å²) in [5, 5.41) is 4.98. The van der Waals surface area contributed by atoms with Gasteiger partial charge in [-0.05, 0) is 71.7 Å². The third-order valence-electron chi connectivity index (χ3n) is 7.52. The molecule has 0 aliphatic carbocycles. The highest BCUT2D eigenvalue weighted by Gasteiger charge is 2.54. The molecule has 0 radical (unpaired) electrons. The smallest absolute Gasteiger partial charge is 0.402 e. The first-order valence-corrected chi connectivity index (χ1v) is 14.7. The molecule has 4 N–H and O–H groups in total. The first-order chi connectivity index (χ1) is 20.2. The number of carbonyl (C=O) groups excluding carboxylic acids is 4. The molecule has 43 heavy (non-hydrogen) atoms. The van der Waals surface area contributed by atoms with Gasteiger partial charge in [0, 0.05) is 19.1 Å². The topological polar surface area (TPSA) is 134 Å². The fraction of sp³-hybridized carbons (Fsp3) is 0.667. The Bertz CT molecular complexity index is 1030. The minimum Gasteiger partial charge on any atom is -0.493 e. The lowest BCUT2D eigenvalue weighted by Gasteiger charge is -2.35. The van der Waals surface area contributed by atoms with E-state index in [-0.39, 0.29) is 25.6 Å². The fourth-order valence-electron chi connectivity index (χ4n) is 4.87. The molecule has 13 heteroatoms. The molecule has 0 bridgehead atoms. The van der Waals surface area contributed by atoms with Crippen LogP contribution in [0.25, 0.3) is 0 Å². The van der Waals surface area contributed by atoms with E-state index in [0.717, 1.165) is 37.5 Å². The quantitative estimate of drug-likeness (QED) is 0.326. The van der Waals surface area contributed by atoms with E-state index >= 15 is 0 Å². The molecule has 0 spiro atoms. The average Bonchev–Trinajstić information content (AvgIpc) is 3.35. The van der Waals surface area contributed by atoms with E-state index in [4.69, 9.17) is 10.5 Å². The summed E-state index contributed by atoms with van der Waals surface area (Å²) in [6.45, 7) is 5.88. The number of primary amides is 1. The zero-order valence-corrected chi connectivity index (χ0v) is 26.1. The number of fused-ring (bicyclic) bond motifs is 1. The van der Waals surface area contributed by atoms with Crippen LogP contribution >= 0.6 is 0 Å². The molecular weight excluding hydrogens is 567 g/mol. The number of aryl methyl sites for hydroxylation is 1. The van der Waals surface area contributed by atoms with Crippen molar-refractivity contribution in [3.8, 4) is 5.75 Å². The van der Waals surface area contributed by atoms with Gasteiger partial charge in [0.1, 0.15) is 23.5 Å². The number of halogens is 3. The largest absolute Gasteiger partial charge is 0.493 e. The zero-order valence-electron chi connectivity index (χ0n) is 26.1. The van der Waals surface area contributed by atoms with Crippen LogP contribution in [-0.4, -0.2) is 98.4 Å². The number of likely N-dealkylation sites (tertiary alicyclic amines) is 1. The molecule has 1 saturated heterocycles. The van der Waals surface area contributed by atoms with Crippen molar-refractivity contribution in [1.29, 1.82) is 0 Å². The highest BCUT2D eigenvalue weighted by atomic mass is 19.4. The maximum Gasteiger partial charge on any atom is 0.402 e. The third-order valence-corrected chi connectivity index (χ3v) is 7.52. The van der Waals surface area contributed by atoms with E-state index in [1.807, 2.05) is 26.0 Å². The molecule has 3 rings (SSSR count). The number of benzene rings is 1. The van der Waals surface area contributed by atoms with Crippen LogP contribution < -0.4 is 21.1 Å². The summed E-state index contributed by atoms with van der Waals surface area (Å²) in [5.41, 5.74) is 4.04. The SMILES string of the molecule is CC.CNCC(=O)NC(C=O)CN(CCC1CCC(C(N)=O)N1C)C(=O)C(C)(C)C(F)(F)F.c1ccc2c(c1)CCCO2. The van der Waals surface area contributed by atoms with Gasteiger partial charge in [-0.1, -0.05) is 32.0 Å². The minimum absolute atomic E-state index is 0.0783. The Labute approximate surface area is 252 Å². The van der Waals surface area contributed by atoms with Crippen LogP contribution in [0.1, 0.15) is 58.9 Å². The van der Waals surface area contributed by atoms with Gasteiger partial charge in [0.2, 0.25) is 17.7 Å². The van der Waals surface area contributed by atoms with E-state index in [1.54, 1.807) is 11.9 Å². The summed E-state index contributed by atoms with van der Waals surface area (Å²) in [6.07, 6.45) is -0.654. The number of nitrogens with zero attached hydrogens (tertiary/aromatic N) is 2. The molecule has 0 saturated carbocycles. The maximum absolute atomic E-state index is 13.5.